The van der Waals surface area contributed by atoms with Crippen molar-refractivity contribution in [1.82, 2.24) is 4.98 Å². The molecule has 0 aliphatic heterocycles. The van der Waals surface area contributed by atoms with Crippen molar-refractivity contribution < 1.29 is 9.90 Å². The fraction of sp³-hybridized carbons (Fsp3) is 0. The lowest BCUT2D eigenvalue weighted by molar-refractivity contribution is 0.0698. The van der Waals surface area contributed by atoms with E-state index in [2.05, 4.69) is 4.98 Å². The Labute approximate surface area is 115 Å². The second kappa shape index (κ2) is 4.66. The first-order valence-corrected chi connectivity index (χ1v) is 6.14. The van der Waals surface area contributed by atoms with Crippen LogP contribution in [0.25, 0.3) is 22.0 Å². The molecule has 3 aromatic rings. The number of para-hydroxylation sites is 2. The van der Waals surface area contributed by atoms with Crippen molar-refractivity contribution in [2.75, 3.05) is 5.73 Å². The van der Waals surface area contributed by atoms with Gasteiger partial charge in [-0.25, -0.2) is 4.79 Å². The summed E-state index contributed by atoms with van der Waals surface area (Å²) in [7, 11) is 0. The minimum absolute atomic E-state index is 0.114. The van der Waals surface area contributed by atoms with E-state index in [9.17, 15) is 4.79 Å². The highest BCUT2D eigenvalue weighted by Gasteiger charge is 2.13. The third-order valence-electron chi connectivity index (χ3n) is 3.28. The molecule has 0 amide bonds. The number of nitrogens with zero attached hydrogens (tertiary/aromatic N) is 1. The predicted molar refractivity (Wildman–Crippen MR) is 78.6 cm³/mol. The van der Waals surface area contributed by atoms with Gasteiger partial charge in [0.1, 0.15) is 0 Å². The molecule has 3 rings (SSSR count). The molecule has 0 saturated heterocycles. The maximum absolute atomic E-state index is 11.2. The van der Waals surface area contributed by atoms with Gasteiger partial charge in [-0.15, -0.1) is 0 Å². The van der Waals surface area contributed by atoms with Crippen LogP contribution in [0.3, 0.4) is 0 Å². The molecule has 0 radical (unpaired) electrons. The Kier molecular flexibility index (Phi) is 2.84. The number of pyridine rings is 1. The van der Waals surface area contributed by atoms with Crippen LogP contribution in [0, 0.1) is 0 Å². The number of nitrogens with two attached hydrogens (primary N) is 1. The molecule has 1 heterocycles. The van der Waals surface area contributed by atoms with E-state index in [4.69, 9.17) is 10.8 Å². The van der Waals surface area contributed by atoms with Crippen LogP contribution < -0.4 is 5.73 Å². The van der Waals surface area contributed by atoms with Crippen molar-refractivity contribution in [3.8, 4) is 11.1 Å². The van der Waals surface area contributed by atoms with Gasteiger partial charge in [0.25, 0.3) is 0 Å². The van der Waals surface area contributed by atoms with Crippen LogP contribution in [0.2, 0.25) is 0 Å². The highest BCUT2D eigenvalue weighted by atomic mass is 16.4. The van der Waals surface area contributed by atoms with Crippen LogP contribution in [0.4, 0.5) is 5.69 Å². The first-order chi connectivity index (χ1) is 9.68. The lowest BCUT2D eigenvalue weighted by Gasteiger charge is -2.10. The van der Waals surface area contributed by atoms with Gasteiger partial charge in [-0.05, 0) is 23.8 Å². The van der Waals surface area contributed by atoms with Crippen LogP contribution in [0.1, 0.15) is 10.4 Å². The molecule has 2 aromatic carbocycles. The SMILES string of the molecule is Nc1c(C(=O)O)cccc1-c1ccnc2ccccc12. The highest BCUT2D eigenvalue weighted by Crippen LogP contribution is 2.33. The first-order valence-electron chi connectivity index (χ1n) is 6.14. The molecule has 4 nitrogen and oxygen atoms in total. The molecule has 0 atom stereocenters. The summed E-state index contributed by atoms with van der Waals surface area (Å²) in [6.07, 6.45) is 1.70. The summed E-state index contributed by atoms with van der Waals surface area (Å²) in [5.41, 5.74) is 8.84. The Hall–Kier alpha value is -2.88. The first kappa shape index (κ1) is 12.2. The summed E-state index contributed by atoms with van der Waals surface area (Å²) in [5, 5.41) is 10.1. The summed E-state index contributed by atoms with van der Waals surface area (Å²) >= 11 is 0. The van der Waals surface area contributed by atoms with Gasteiger partial charge < -0.3 is 10.8 Å². The van der Waals surface area contributed by atoms with Gasteiger partial charge in [0.2, 0.25) is 0 Å². The van der Waals surface area contributed by atoms with Crippen molar-refractivity contribution in [3.63, 3.8) is 0 Å². The van der Waals surface area contributed by atoms with Crippen molar-refractivity contribution in [1.29, 1.82) is 0 Å². The Balaban J connectivity index is 2.32. The highest BCUT2D eigenvalue weighted by molar-refractivity contribution is 6.03. The fourth-order valence-corrected chi connectivity index (χ4v) is 2.32. The van der Waals surface area contributed by atoms with Crippen LogP contribution >= 0.6 is 0 Å². The van der Waals surface area contributed by atoms with Crippen LogP contribution in [-0.4, -0.2) is 16.1 Å². The van der Waals surface area contributed by atoms with E-state index < -0.39 is 5.97 Å². The summed E-state index contributed by atoms with van der Waals surface area (Å²) in [5.74, 6) is -1.03. The standard InChI is InChI=1S/C16H12N2O2/c17-15-12(5-3-6-13(15)16(19)20)10-8-9-18-14-7-2-1-4-11(10)14/h1-9H,17H2,(H,19,20). The topological polar surface area (TPSA) is 76.2 Å². The zero-order chi connectivity index (χ0) is 14.1. The minimum atomic E-state index is -1.03. The molecule has 98 valence electrons. The Morgan fingerprint density at radius 3 is 2.60 bits per heavy atom. The van der Waals surface area contributed by atoms with Crippen molar-refractivity contribution >= 4 is 22.6 Å². The number of carbonyl (C=O) groups is 1. The Bertz CT molecular complexity index is 807. The molecule has 0 saturated carbocycles. The van der Waals surface area contributed by atoms with Crippen molar-refractivity contribution in [2.24, 2.45) is 0 Å². The Morgan fingerprint density at radius 1 is 1.00 bits per heavy atom. The monoisotopic (exact) mass is 264 g/mol. The fourth-order valence-electron chi connectivity index (χ4n) is 2.32. The van der Waals surface area contributed by atoms with Gasteiger partial charge in [0, 0.05) is 17.1 Å². The largest absolute Gasteiger partial charge is 0.478 e. The molecule has 0 bridgehead atoms. The normalized spacial score (nSPS) is 10.6. The second-order valence-corrected chi connectivity index (χ2v) is 4.45. The van der Waals surface area contributed by atoms with E-state index in [1.54, 1.807) is 12.3 Å². The Morgan fingerprint density at radius 2 is 1.80 bits per heavy atom. The molecule has 0 aliphatic rings. The predicted octanol–water partition coefficient (Wildman–Crippen LogP) is 3.18. The second-order valence-electron chi connectivity index (χ2n) is 4.45. The van der Waals surface area contributed by atoms with Crippen LogP contribution in [0.5, 0.6) is 0 Å². The average Bonchev–Trinajstić information content (AvgIpc) is 2.47. The molecular weight excluding hydrogens is 252 g/mol. The number of carboxylic acid groups (broad SMARTS) is 1. The van der Waals surface area contributed by atoms with E-state index in [-0.39, 0.29) is 11.3 Å². The number of benzene rings is 2. The van der Waals surface area contributed by atoms with E-state index >= 15 is 0 Å². The number of hydrogen-bond donors (Lipinski definition) is 2. The number of rotatable bonds is 2. The zero-order valence-electron chi connectivity index (χ0n) is 10.6. The number of nitrogen functional groups attached to an aromatic ring is 1. The van der Waals surface area contributed by atoms with E-state index in [1.807, 2.05) is 36.4 Å². The van der Waals surface area contributed by atoms with E-state index in [0.29, 0.717) is 5.56 Å². The number of fused-ring (bicyclic) bond motifs is 1. The van der Waals surface area contributed by atoms with Gasteiger partial charge in [-0.1, -0.05) is 30.3 Å². The smallest absolute Gasteiger partial charge is 0.337 e. The molecule has 0 aliphatic carbocycles. The number of hydrogen-bond acceptors (Lipinski definition) is 3. The number of carboxylic acids is 1. The number of aromatic carboxylic acids is 1. The molecule has 0 spiro atoms. The van der Waals surface area contributed by atoms with Crippen molar-refractivity contribution in [2.45, 2.75) is 0 Å². The third-order valence-corrected chi connectivity index (χ3v) is 3.28. The van der Waals surface area contributed by atoms with Crippen LogP contribution in [0.15, 0.2) is 54.7 Å². The maximum Gasteiger partial charge on any atom is 0.337 e. The molecule has 4 heteroatoms. The lowest BCUT2D eigenvalue weighted by Crippen LogP contribution is -2.03. The van der Waals surface area contributed by atoms with Crippen molar-refractivity contribution in [3.05, 3.63) is 60.3 Å². The molecule has 0 unspecified atom stereocenters. The van der Waals surface area contributed by atoms with Gasteiger partial charge in [0.05, 0.1) is 16.8 Å². The molecule has 20 heavy (non-hydrogen) atoms. The zero-order valence-corrected chi connectivity index (χ0v) is 10.6. The van der Waals surface area contributed by atoms with Gasteiger partial charge >= 0.3 is 5.97 Å². The lowest BCUT2D eigenvalue weighted by atomic mass is 9.97. The van der Waals surface area contributed by atoms with Crippen LogP contribution in [-0.2, 0) is 0 Å². The average molecular weight is 264 g/mol. The molecule has 3 N–H and O–H groups in total. The summed E-state index contributed by atoms with van der Waals surface area (Å²) in [6.45, 7) is 0. The summed E-state index contributed by atoms with van der Waals surface area (Å²) in [4.78, 5) is 15.5. The number of aromatic nitrogens is 1. The quantitative estimate of drug-likeness (QED) is 0.697. The van der Waals surface area contributed by atoms with E-state index in [0.717, 1.165) is 16.5 Å². The van der Waals surface area contributed by atoms with Gasteiger partial charge in [-0.3, -0.25) is 4.98 Å². The maximum atomic E-state index is 11.2. The minimum Gasteiger partial charge on any atom is -0.478 e. The number of anilines is 1. The van der Waals surface area contributed by atoms with Gasteiger partial charge in [0.15, 0.2) is 0 Å². The molecule has 0 fully saturated rings. The van der Waals surface area contributed by atoms with E-state index in [1.165, 1.54) is 6.07 Å². The summed E-state index contributed by atoms with van der Waals surface area (Å²) < 4.78 is 0. The molecule has 1 aromatic heterocycles. The van der Waals surface area contributed by atoms with Gasteiger partial charge in [-0.2, -0.15) is 0 Å². The molecular formula is C16H12N2O2. The summed E-state index contributed by atoms with van der Waals surface area (Å²) in [6, 6.07) is 14.6. The third kappa shape index (κ3) is 1.87.